The molecule has 2 fully saturated rings. The molecule has 1 aromatic heterocycles. The van der Waals surface area contributed by atoms with E-state index >= 15 is 0 Å². The molecule has 2 aromatic rings. The Balaban J connectivity index is 1.39. The second-order valence-corrected chi connectivity index (χ2v) is 6.97. The number of ether oxygens (including phenoxy) is 2. The fraction of sp³-hybridized carbons (Fsp3) is 0.450. The Hall–Kier alpha value is -2.51. The molecule has 7 heteroatoms. The van der Waals surface area contributed by atoms with E-state index in [-0.39, 0.29) is 5.91 Å². The molecular formula is C20H24N4O3. The summed E-state index contributed by atoms with van der Waals surface area (Å²) in [6, 6.07) is 9.75. The normalized spacial score (nSPS) is 18.6. The Bertz CT molecular complexity index is 810. The molecule has 1 aromatic carbocycles. The molecule has 2 aliphatic heterocycles. The Morgan fingerprint density at radius 1 is 1.19 bits per heavy atom. The quantitative estimate of drug-likeness (QED) is 0.890. The number of piperidine rings is 1. The molecular weight excluding hydrogens is 344 g/mol. The van der Waals surface area contributed by atoms with Crippen LogP contribution in [0.2, 0.25) is 0 Å². The average molecular weight is 368 g/mol. The molecule has 1 amide bonds. The number of anilines is 1. The van der Waals surface area contributed by atoms with Crippen molar-refractivity contribution in [1.82, 2.24) is 15.3 Å². The molecule has 7 nitrogen and oxygen atoms in total. The van der Waals surface area contributed by atoms with Gasteiger partial charge in [-0.3, -0.25) is 4.79 Å². The fourth-order valence-corrected chi connectivity index (χ4v) is 3.58. The molecule has 1 spiro atoms. The first-order valence-corrected chi connectivity index (χ1v) is 9.33. The smallest absolute Gasteiger partial charge is 0.270 e. The van der Waals surface area contributed by atoms with Crippen molar-refractivity contribution in [2.75, 3.05) is 31.2 Å². The van der Waals surface area contributed by atoms with Gasteiger partial charge in [0.15, 0.2) is 5.79 Å². The second-order valence-electron chi connectivity index (χ2n) is 6.97. The van der Waals surface area contributed by atoms with Crippen LogP contribution < -0.4 is 10.2 Å². The summed E-state index contributed by atoms with van der Waals surface area (Å²) in [7, 11) is 0. The molecule has 2 aliphatic rings. The number of hydrogen-bond donors (Lipinski definition) is 1. The number of nitrogens with one attached hydrogen (secondary N) is 1. The first-order chi connectivity index (χ1) is 13.2. The van der Waals surface area contributed by atoms with Gasteiger partial charge in [-0.1, -0.05) is 24.3 Å². The Kier molecular flexibility index (Phi) is 5.05. The van der Waals surface area contributed by atoms with Gasteiger partial charge in [-0.2, -0.15) is 0 Å². The molecule has 0 bridgehead atoms. The average Bonchev–Trinajstić information content (AvgIpc) is 3.16. The first kappa shape index (κ1) is 17.9. The Morgan fingerprint density at radius 3 is 2.67 bits per heavy atom. The standard InChI is InChI=1S/C20H24N4O3/c1-15-4-2-3-5-16(15)13-21-19(25)17-12-18(23-14-22-17)24-8-6-20(7-9-24)26-10-11-27-20/h2-5,12,14H,6-11,13H2,1H3,(H,21,25). The summed E-state index contributed by atoms with van der Waals surface area (Å²) < 4.78 is 11.5. The number of benzene rings is 1. The Labute approximate surface area is 158 Å². The molecule has 142 valence electrons. The zero-order chi connectivity index (χ0) is 18.7. The maximum absolute atomic E-state index is 12.5. The fourth-order valence-electron chi connectivity index (χ4n) is 3.58. The van der Waals surface area contributed by atoms with Crippen molar-refractivity contribution >= 4 is 11.7 Å². The largest absolute Gasteiger partial charge is 0.356 e. The van der Waals surface area contributed by atoms with E-state index < -0.39 is 5.79 Å². The van der Waals surface area contributed by atoms with Crippen LogP contribution in [0, 0.1) is 6.92 Å². The van der Waals surface area contributed by atoms with E-state index in [0.29, 0.717) is 25.5 Å². The third-order valence-corrected chi connectivity index (χ3v) is 5.25. The molecule has 4 rings (SSSR count). The number of carbonyl (C=O) groups is 1. The summed E-state index contributed by atoms with van der Waals surface area (Å²) >= 11 is 0. The highest BCUT2D eigenvalue weighted by Gasteiger charge is 2.40. The van der Waals surface area contributed by atoms with Crippen LogP contribution in [-0.4, -0.2) is 48.0 Å². The Morgan fingerprint density at radius 2 is 1.93 bits per heavy atom. The van der Waals surface area contributed by atoms with Crippen molar-refractivity contribution in [3.05, 3.63) is 53.5 Å². The first-order valence-electron chi connectivity index (χ1n) is 9.33. The lowest BCUT2D eigenvalue weighted by Gasteiger charge is -2.38. The zero-order valence-corrected chi connectivity index (χ0v) is 15.5. The van der Waals surface area contributed by atoms with Crippen molar-refractivity contribution in [3.8, 4) is 0 Å². The van der Waals surface area contributed by atoms with Crippen LogP contribution in [-0.2, 0) is 16.0 Å². The number of amides is 1. The van der Waals surface area contributed by atoms with E-state index in [1.54, 1.807) is 6.07 Å². The summed E-state index contributed by atoms with van der Waals surface area (Å²) in [6.45, 7) is 5.40. The highest BCUT2D eigenvalue weighted by molar-refractivity contribution is 5.92. The van der Waals surface area contributed by atoms with Gasteiger partial charge >= 0.3 is 0 Å². The summed E-state index contributed by atoms with van der Waals surface area (Å²) in [6.07, 6.45) is 3.04. The highest BCUT2D eigenvalue weighted by Crippen LogP contribution is 2.32. The van der Waals surface area contributed by atoms with Gasteiger partial charge in [0.2, 0.25) is 0 Å². The van der Waals surface area contributed by atoms with E-state index in [1.807, 2.05) is 31.2 Å². The second kappa shape index (κ2) is 7.62. The van der Waals surface area contributed by atoms with Crippen LogP contribution in [0.1, 0.15) is 34.5 Å². The van der Waals surface area contributed by atoms with Gasteiger partial charge in [0.1, 0.15) is 17.8 Å². The van der Waals surface area contributed by atoms with Crippen molar-refractivity contribution in [3.63, 3.8) is 0 Å². The molecule has 0 unspecified atom stereocenters. The van der Waals surface area contributed by atoms with E-state index in [0.717, 1.165) is 42.9 Å². The topological polar surface area (TPSA) is 76.6 Å². The van der Waals surface area contributed by atoms with E-state index in [9.17, 15) is 4.79 Å². The minimum atomic E-state index is -0.419. The monoisotopic (exact) mass is 368 g/mol. The third-order valence-electron chi connectivity index (χ3n) is 5.25. The van der Waals surface area contributed by atoms with Gasteiger partial charge in [0.05, 0.1) is 13.2 Å². The molecule has 0 aliphatic carbocycles. The lowest BCUT2D eigenvalue weighted by atomic mass is 10.0. The SMILES string of the molecule is Cc1ccccc1CNC(=O)c1cc(N2CCC3(CC2)OCCO3)ncn1. The number of aromatic nitrogens is 2. The van der Waals surface area contributed by atoms with Crippen LogP contribution in [0.4, 0.5) is 5.82 Å². The maximum atomic E-state index is 12.5. The van der Waals surface area contributed by atoms with E-state index in [1.165, 1.54) is 6.33 Å². The van der Waals surface area contributed by atoms with Crippen molar-refractivity contribution in [1.29, 1.82) is 0 Å². The van der Waals surface area contributed by atoms with E-state index in [4.69, 9.17) is 9.47 Å². The predicted octanol–water partition coefficient (Wildman–Crippen LogP) is 2.06. The van der Waals surface area contributed by atoms with Gasteiger partial charge in [-0.25, -0.2) is 9.97 Å². The van der Waals surface area contributed by atoms with Crippen molar-refractivity contribution in [2.45, 2.75) is 32.1 Å². The summed E-state index contributed by atoms with van der Waals surface area (Å²) in [5.41, 5.74) is 2.63. The number of carbonyl (C=O) groups excluding carboxylic acids is 1. The minimum absolute atomic E-state index is 0.196. The molecule has 27 heavy (non-hydrogen) atoms. The molecule has 0 atom stereocenters. The minimum Gasteiger partial charge on any atom is -0.356 e. The van der Waals surface area contributed by atoms with Crippen LogP contribution in [0.25, 0.3) is 0 Å². The lowest BCUT2D eigenvalue weighted by Crippen LogP contribution is -2.45. The molecule has 1 N–H and O–H groups in total. The lowest BCUT2D eigenvalue weighted by molar-refractivity contribution is -0.169. The van der Waals surface area contributed by atoms with Gasteiger partial charge in [0.25, 0.3) is 5.91 Å². The van der Waals surface area contributed by atoms with Crippen LogP contribution >= 0.6 is 0 Å². The van der Waals surface area contributed by atoms with Crippen LogP contribution in [0.3, 0.4) is 0 Å². The van der Waals surface area contributed by atoms with Crippen molar-refractivity contribution in [2.24, 2.45) is 0 Å². The van der Waals surface area contributed by atoms with E-state index in [2.05, 4.69) is 20.2 Å². The van der Waals surface area contributed by atoms with Crippen molar-refractivity contribution < 1.29 is 14.3 Å². The summed E-state index contributed by atoms with van der Waals surface area (Å²) in [5.74, 6) is 0.147. The maximum Gasteiger partial charge on any atom is 0.270 e. The summed E-state index contributed by atoms with van der Waals surface area (Å²) in [5, 5.41) is 2.94. The number of aryl methyl sites for hydroxylation is 1. The van der Waals surface area contributed by atoms with Crippen LogP contribution in [0.15, 0.2) is 36.7 Å². The third kappa shape index (κ3) is 3.94. The predicted molar refractivity (Wildman–Crippen MR) is 100 cm³/mol. The van der Waals surface area contributed by atoms with Gasteiger partial charge in [-0.15, -0.1) is 0 Å². The number of rotatable bonds is 4. The zero-order valence-electron chi connectivity index (χ0n) is 15.5. The molecule has 2 saturated heterocycles. The molecule has 3 heterocycles. The molecule has 0 saturated carbocycles. The number of hydrogen-bond acceptors (Lipinski definition) is 6. The van der Waals surface area contributed by atoms with Crippen LogP contribution in [0.5, 0.6) is 0 Å². The number of nitrogens with zero attached hydrogens (tertiary/aromatic N) is 3. The van der Waals surface area contributed by atoms with Gasteiger partial charge < -0.3 is 19.7 Å². The summed E-state index contributed by atoms with van der Waals surface area (Å²) in [4.78, 5) is 23.1. The highest BCUT2D eigenvalue weighted by atomic mass is 16.7. The van der Waals surface area contributed by atoms with Gasteiger partial charge in [0, 0.05) is 38.5 Å². The van der Waals surface area contributed by atoms with Gasteiger partial charge in [-0.05, 0) is 18.1 Å². The molecule has 0 radical (unpaired) electrons.